The molecule has 0 saturated heterocycles. The zero-order chi connectivity index (χ0) is 11.8. The number of hydrogen-bond acceptors (Lipinski definition) is 1. The average Bonchev–Trinajstić information content (AvgIpc) is 2.32. The summed E-state index contributed by atoms with van der Waals surface area (Å²) in [6.45, 7) is 1.89. The van der Waals surface area contributed by atoms with E-state index in [4.69, 9.17) is 9.90 Å². The Labute approximate surface area is 95.2 Å². The molecule has 0 aliphatic rings. The summed E-state index contributed by atoms with van der Waals surface area (Å²) in [5, 5.41) is 6.89. The molecule has 2 heteroatoms. The normalized spacial score (nSPS) is 8.81. The SMILES string of the molecule is Cc1ccccc1-c1ccccc1.O=CO. The van der Waals surface area contributed by atoms with E-state index in [-0.39, 0.29) is 6.47 Å². The number of rotatable bonds is 1. The van der Waals surface area contributed by atoms with E-state index in [9.17, 15) is 0 Å². The molecule has 0 atom stereocenters. The lowest BCUT2D eigenvalue weighted by Gasteiger charge is -2.04. The Kier molecular flexibility index (Phi) is 4.80. The van der Waals surface area contributed by atoms with Crippen LogP contribution in [0.15, 0.2) is 54.6 Å². The highest BCUT2D eigenvalue weighted by molar-refractivity contribution is 5.66. The van der Waals surface area contributed by atoms with Crippen LogP contribution >= 0.6 is 0 Å². The molecule has 0 bridgehead atoms. The lowest BCUT2D eigenvalue weighted by Crippen LogP contribution is -1.80. The molecule has 2 nitrogen and oxygen atoms in total. The van der Waals surface area contributed by atoms with Gasteiger partial charge in [-0.1, -0.05) is 54.6 Å². The fourth-order valence-corrected chi connectivity index (χ4v) is 1.51. The third-order valence-corrected chi connectivity index (χ3v) is 2.23. The second-order valence-corrected chi connectivity index (χ2v) is 3.29. The minimum Gasteiger partial charge on any atom is -0.483 e. The van der Waals surface area contributed by atoms with Crippen molar-refractivity contribution < 1.29 is 9.90 Å². The predicted octanol–water partition coefficient (Wildman–Crippen LogP) is 3.36. The second kappa shape index (κ2) is 6.40. The predicted molar refractivity (Wildman–Crippen MR) is 65.3 cm³/mol. The second-order valence-electron chi connectivity index (χ2n) is 3.29. The van der Waals surface area contributed by atoms with Crippen molar-refractivity contribution in [3.63, 3.8) is 0 Å². The van der Waals surface area contributed by atoms with Gasteiger partial charge < -0.3 is 5.11 Å². The van der Waals surface area contributed by atoms with Crippen molar-refractivity contribution in [3.8, 4) is 11.1 Å². The third-order valence-electron chi connectivity index (χ3n) is 2.23. The van der Waals surface area contributed by atoms with Crippen molar-refractivity contribution in [3.05, 3.63) is 60.2 Å². The highest BCUT2D eigenvalue weighted by Crippen LogP contribution is 2.21. The molecule has 0 aromatic heterocycles. The summed E-state index contributed by atoms with van der Waals surface area (Å²) < 4.78 is 0. The lowest BCUT2D eigenvalue weighted by molar-refractivity contribution is -0.122. The van der Waals surface area contributed by atoms with E-state index in [0.29, 0.717) is 0 Å². The standard InChI is InChI=1S/C13H12.CH2O2/c1-11-7-5-6-10-13(11)12-8-3-2-4-9-12;2-1-3/h2-10H,1H3;1H,(H,2,3). The van der Waals surface area contributed by atoms with Crippen molar-refractivity contribution in [2.75, 3.05) is 0 Å². The van der Waals surface area contributed by atoms with Crippen LogP contribution in [0.4, 0.5) is 0 Å². The maximum atomic E-state index is 8.36. The van der Waals surface area contributed by atoms with Gasteiger partial charge in [-0.25, -0.2) is 0 Å². The quantitative estimate of drug-likeness (QED) is 0.739. The molecule has 0 saturated carbocycles. The number of aryl methyl sites for hydroxylation is 1. The molecule has 2 aromatic rings. The zero-order valence-corrected chi connectivity index (χ0v) is 9.13. The molecule has 2 rings (SSSR count). The van der Waals surface area contributed by atoms with E-state index in [0.717, 1.165) is 0 Å². The summed E-state index contributed by atoms with van der Waals surface area (Å²) in [5.41, 5.74) is 3.94. The van der Waals surface area contributed by atoms with Crippen LogP contribution in [0.25, 0.3) is 11.1 Å². The Morgan fingerprint density at radius 2 is 1.44 bits per heavy atom. The summed E-state index contributed by atoms with van der Waals surface area (Å²) >= 11 is 0. The summed E-state index contributed by atoms with van der Waals surface area (Å²) in [5.74, 6) is 0. The van der Waals surface area contributed by atoms with Crippen molar-refractivity contribution in [2.24, 2.45) is 0 Å². The Bertz CT molecular complexity index is 435. The molecule has 1 N–H and O–H groups in total. The molecule has 0 radical (unpaired) electrons. The van der Waals surface area contributed by atoms with Gasteiger partial charge >= 0.3 is 0 Å². The fourth-order valence-electron chi connectivity index (χ4n) is 1.51. The average molecular weight is 214 g/mol. The van der Waals surface area contributed by atoms with Gasteiger partial charge in [-0.2, -0.15) is 0 Å². The van der Waals surface area contributed by atoms with E-state index in [1.54, 1.807) is 0 Å². The minimum atomic E-state index is -0.250. The molecule has 0 heterocycles. The van der Waals surface area contributed by atoms with Crippen molar-refractivity contribution in [1.29, 1.82) is 0 Å². The van der Waals surface area contributed by atoms with Crippen LogP contribution in [-0.4, -0.2) is 11.6 Å². The van der Waals surface area contributed by atoms with Crippen molar-refractivity contribution in [2.45, 2.75) is 6.92 Å². The van der Waals surface area contributed by atoms with Gasteiger partial charge in [-0.05, 0) is 23.6 Å². The number of hydrogen-bond donors (Lipinski definition) is 1. The van der Waals surface area contributed by atoms with E-state index in [1.165, 1.54) is 16.7 Å². The molecule has 0 aliphatic heterocycles. The van der Waals surface area contributed by atoms with Crippen LogP contribution in [0.3, 0.4) is 0 Å². The summed E-state index contributed by atoms with van der Waals surface area (Å²) in [6.07, 6.45) is 0. The minimum absolute atomic E-state index is 0.250. The molecule has 82 valence electrons. The van der Waals surface area contributed by atoms with Crippen LogP contribution < -0.4 is 0 Å². The molecule has 0 unspecified atom stereocenters. The first kappa shape index (κ1) is 12.0. The first-order valence-corrected chi connectivity index (χ1v) is 4.98. The Hall–Kier alpha value is -2.09. The van der Waals surface area contributed by atoms with Crippen LogP contribution in [-0.2, 0) is 4.79 Å². The zero-order valence-electron chi connectivity index (χ0n) is 9.13. The van der Waals surface area contributed by atoms with E-state index < -0.39 is 0 Å². The maximum Gasteiger partial charge on any atom is 0.290 e. The monoisotopic (exact) mass is 214 g/mol. The summed E-state index contributed by atoms with van der Waals surface area (Å²) in [4.78, 5) is 8.36. The van der Waals surface area contributed by atoms with Crippen molar-refractivity contribution >= 4 is 6.47 Å². The van der Waals surface area contributed by atoms with E-state index >= 15 is 0 Å². The van der Waals surface area contributed by atoms with E-state index in [2.05, 4.69) is 55.5 Å². The maximum absolute atomic E-state index is 8.36. The molecule has 16 heavy (non-hydrogen) atoms. The van der Waals surface area contributed by atoms with Crippen LogP contribution in [0.1, 0.15) is 5.56 Å². The molecule has 0 spiro atoms. The summed E-state index contributed by atoms with van der Waals surface area (Å²) in [7, 11) is 0. The number of carboxylic acid groups (broad SMARTS) is 1. The van der Waals surface area contributed by atoms with Crippen molar-refractivity contribution in [1.82, 2.24) is 0 Å². The highest BCUT2D eigenvalue weighted by Gasteiger charge is 1.97. The molecule has 0 amide bonds. The van der Waals surface area contributed by atoms with Gasteiger partial charge in [0.2, 0.25) is 0 Å². The van der Waals surface area contributed by atoms with Gasteiger partial charge in [-0.3, -0.25) is 4.79 Å². The molecular formula is C14H14O2. The Morgan fingerprint density at radius 1 is 0.938 bits per heavy atom. The van der Waals surface area contributed by atoms with Gasteiger partial charge in [0.15, 0.2) is 0 Å². The third kappa shape index (κ3) is 3.24. The van der Waals surface area contributed by atoms with Gasteiger partial charge in [0.05, 0.1) is 0 Å². The van der Waals surface area contributed by atoms with Crippen LogP contribution in [0.5, 0.6) is 0 Å². The van der Waals surface area contributed by atoms with Crippen LogP contribution in [0.2, 0.25) is 0 Å². The van der Waals surface area contributed by atoms with Gasteiger partial charge in [0.25, 0.3) is 6.47 Å². The molecule has 0 fully saturated rings. The fraction of sp³-hybridized carbons (Fsp3) is 0.0714. The number of carbonyl (C=O) groups is 1. The molecular weight excluding hydrogens is 200 g/mol. The van der Waals surface area contributed by atoms with Gasteiger partial charge in [0.1, 0.15) is 0 Å². The molecule has 2 aromatic carbocycles. The highest BCUT2D eigenvalue weighted by atomic mass is 16.3. The Morgan fingerprint density at radius 3 is 2.00 bits per heavy atom. The first-order chi connectivity index (χ1) is 7.79. The molecule has 0 aliphatic carbocycles. The Balaban J connectivity index is 0.000000386. The smallest absolute Gasteiger partial charge is 0.290 e. The van der Waals surface area contributed by atoms with Gasteiger partial charge in [0, 0.05) is 0 Å². The van der Waals surface area contributed by atoms with Gasteiger partial charge in [-0.15, -0.1) is 0 Å². The van der Waals surface area contributed by atoms with E-state index in [1.807, 2.05) is 6.07 Å². The largest absolute Gasteiger partial charge is 0.483 e. The topological polar surface area (TPSA) is 37.3 Å². The number of benzene rings is 2. The lowest BCUT2D eigenvalue weighted by atomic mass is 10.0. The van der Waals surface area contributed by atoms with Crippen LogP contribution in [0, 0.1) is 6.92 Å². The first-order valence-electron chi connectivity index (χ1n) is 4.98. The summed E-state index contributed by atoms with van der Waals surface area (Å²) in [6, 6.07) is 18.9.